The van der Waals surface area contributed by atoms with Gasteiger partial charge < -0.3 is 10.5 Å². The summed E-state index contributed by atoms with van der Waals surface area (Å²) in [6.07, 6.45) is 1.95. The molecule has 0 aromatic carbocycles. The molecule has 1 aromatic rings. The number of nitrogen functional groups attached to an aromatic ring is 1. The van der Waals surface area contributed by atoms with Crippen molar-refractivity contribution >= 4 is 27.8 Å². The normalized spacial score (nSPS) is 13.2. The predicted molar refractivity (Wildman–Crippen MR) is 84.4 cm³/mol. The number of aliphatic imine (C=N–C) groups is 1. The molecule has 0 aliphatic carbocycles. The van der Waals surface area contributed by atoms with Gasteiger partial charge in [-0.15, -0.1) is 0 Å². The van der Waals surface area contributed by atoms with Crippen molar-refractivity contribution in [1.29, 1.82) is 0 Å². The Morgan fingerprint density at radius 2 is 2.09 bits per heavy atom. The van der Waals surface area contributed by atoms with E-state index >= 15 is 0 Å². The average Bonchev–Trinajstić information content (AvgIpc) is 2.46. The predicted octanol–water partition coefficient (Wildman–Crippen LogP) is -1.95. The molecule has 0 aliphatic rings. The summed E-state index contributed by atoms with van der Waals surface area (Å²) in [5, 5.41) is 0. The van der Waals surface area contributed by atoms with E-state index in [1.54, 1.807) is 0 Å². The third-order valence-corrected chi connectivity index (χ3v) is 3.97. The molecular formula is C12H18N4O6S. The molecule has 128 valence electrons. The Kier molecular flexibility index (Phi) is 5.85. The number of methoxy groups -OCH3 is 1. The zero-order valence-corrected chi connectivity index (χ0v) is 13.7. The molecule has 0 aliphatic heterocycles. The number of esters is 1. The van der Waals surface area contributed by atoms with Crippen molar-refractivity contribution in [2.24, 2.45) is 12.0 Å². The standard InChI is InChI=1S/C12H18N4O6S/c1-16-10(17)7(9(13)15-12(16)19)6-14-8(11(18)22-2)4-5-23(3,20)21/h6,8H,4-5,13H2,1-3H3,(H,15,19). The first kappa shape index (κ1) is 18.6. The second-order valence-corrected chi connectivity index (χ2v) is 7.12. The molecule has 0 fully saturated rings. The van der Waals surface area contributed by atoms with Crippen molar-refractivity contribution in [3.8, 4) is 0 Å². The van der Waals surface area contributed by atoms with Crippen LogP contribution in [0.15, 0.2) is 14.6 Å². The summed E-state index contributed by atoms with van der Waals surface area (Å²) in [6, 6.07) is -1.11. The number of nitrogens with zero attached hydrogens (tertiary/aromatic N) is 2. The van der Waals surface area contributed by atoms with Gasteiger partial charge in [0.1, 0.15) is 21.7 Å². The Bertz CT molecular complexity index is 836. The van der Waals surface area contributed by atoms with Gasteiger partial charge in [0.15, 0.2) is 0 Å². The fourth-order valence-corrected chi connectivity index (χ4v) is 2.31. The molecule has 23 heavy (non-hydrogen) atoms. The van der Waals surface area contributed by atoms with Crippen molar-refractivity contribution in [3.63, 3.8) is 0 Å². The molecule has 0 amide bonds. The molecule has 3 N–H and O–H groups in total. The van der Waals surface area contributed by atoms with Crippen LogP contribution in [0.1, 0.15) is 12.0 Å². The minimum atomic E-state index is -3.29. The quantitative estimate of drug-likeness (QED) is 0.448. The number of rotatable bonds is 6. The highest BCUT2D eigenvalue weighted by atomic mass is 32.2. The monoisotopic (exact) mass is 346 g/mol. The summed E-state index contributed by atoms with van der Waals surface area (Å²) >= 11 is 0. The highest BCUT2D eigenvalue weighted by molar-refractivity contribution is 7.90. The Hall–Kier alpha value is -2.43. The van der Waals surface area contributed by atoms with Crippen LogP contribution in [0.4, 0.5) is 5.82 Å². The van der Waals surface area contributed by atoms with Crippen LogP contribution in [-0.2, 0) is 26.4 Å². The number of carbonyl (C=O) groups is 1. The molecule has 0 saturated heterocycles. The van der Waals surface area contributed by atoms with Gasteiger partial charge >= 0.3 is 11.7 Å². The maximum absolute atomic E-state index is 11.9. The molecule has 0 bridgehead atoms. The van der Waals surface area contributed by atoms with Crippen molar-refractivity contribution in [2.75, 3.05) is 24.9 Å². The zero-order chi connectivity index (χ0) is 17.8. The van der Waals surface area contributed by atoms with Gasteiger partial charge in [0.2, 0.25) is 0 Å². The minimum absolute atomic E-state index is 0.106. The van der Waals surface area contributed by atoms with Crippen LogP contribution in [-0.4, -0.2) is 55.3 Å². The van der Waals surface area contributed by atoms with Crippen molar-refractivity contribution in [3.05, 3.63) is 26.4 Å². The van der Waals surface area contributed by atoms with Crippen LogP contribution in [0.5, 0.6) is 0 Å². The SMILES string of the molecule is COC(=O)C(CCS(C)(=O)=O)N=Cc1c(N)[nH]c(=O)n(C)c1=O. The van der Waals surface area contributed by atoms with Crippen molar-refractivity contribution in [2.45, 2.75) is 12.5 Å². The van der Waals surface area contributed by atoms with E-state index < -0.39 is 33.1 Å². The molecule has 11 heteroatoms. The average molecular weight is 346 g/mol. The van der Waals surface area contributed by atoms with E-state index in [0.29, 0.717) is 0 Å². The highest BCUT2D eigenvalue weighted by Gasteiger charge is 2.20. The van der Waals surface area contributed by atoms with Gasteiger partial charge in [0, 0.05) is 19.5 Å². The lowest BCUT2D eigenvalue weighted by atomic mass is 10.2. The van der Waals surface area contributed by atoms with Gasteiger partial charge in [0.25, 0.3) is 5.56 Å². The second kappa shape index (κ2) is 7.22. The van der Waals surface area contributed by atoms with E-state index in [4.69, 9.17) is 5.73 Å². The molecule has 0 spiro atoms. The summed E-state index contributed by atoms with van der Waals surface area (Å²) < 4.78 is 27.7. The van der Waals surface area contributed by atoms with E-state index in [2.05, 4.69) is 14.7 Å². The Morgan fingerprint density at radius 1 is 1.48 bits per heavy atom. The number of anilines is 1. The van der Waals surface area contributed by atoms with Crippen LogP contribution in [0.2, 0.25) is 0 Å². The first-order valence-electron chi connectivity index (χ1n) is 6.44. The van der Waals surface area contributed by atoms with E-state index in [1.807, 2.05) is 0 Å². The molecule has 1 atom stereocenters. The summed E-state index contributed by atoms with van der Waals surface area (Å²) in [4.78, 5) is 41.1. The third-order valence-electron chi connectivity index (χ3n) is 2.99. The molecule has 0 saturated carbocycles. The van der Waals surface area contributed by atoms with Gasteiger partial charge in [-0.2, -0.15) is 0 Å². The van der Waals surface area contributed by atoms with E-state index in [1.165, 1.54) is 7.05 Å². The number of sulfone groups is 1. The van der Waals surface area contributed by atoms with Gasteiger partial charge in [-0.25, -0.2) is 18.0 Å². The topological polar surface area (TPSA) is 154 Å². The number of aromatic nitrogens is 2. The molecule has 10 nitrogen and oxygen atoms in total. The van der Waals surface area contributed by atoms with Crippen LogP contribution in [0.25, 0.3) is 0 Å². The third kappa shape index (κ3) is 5.06. The number of hydrogen-bond donors (Lipinski definition) is 2. The van der Waals surface area contributed by atoms with Crippen molar-refractivity contribution < 1.29 is 17.9 Å². The van der Waals surface area contributed by atoms with Crippen LogP contribution in [0.3, 0.4) is 0 Å². The Balaban J connectivity index is 3.16. The Labute approximate surface area is 131 Å². The van der Waals surface area contributed by atoms with Crippen LogP contribution >= 0.6 is 0 Å². The second-order valence-electron chi connectivity index (χ2n) is 4.86. The van der Waals surface area contributed by atoms with Crippen molar-refractivity contribution in [1.82, 2.24) is 9.55 Å². The first-order chi connectivity index (χ1) is 10.6. The zero-order valence-electron chi connectivity index (χ0n) is 12.9. The van der Waals surface area contributed by atoms with E-state index in [-0.39, 0.29) is 23.6 Å². The highest BCUT2D eigenvalue weighted by Crippen LogP contribution is 2.05. The van der Waals surface area contributed by atoms with E-state index in [9.17, 15) is 22.8 Å². The summed E-state index contributed by atoms with van der Waals surface area (Å²) in [5.41, 5.74) is 4.06. The fourth-order valence-electron chi connectivity index (χ4n) is 1.66. The van der Waals surface area contributed by atoms with Crippen LogP contribution in [0, 0.1) is 0 Å². The molecule has 1 unspecified atom stereocenters. The van der Waals surface area contributed by atoms with Gasteiger partial charge in [-0.05, 0) is 6.42 Å². The largest absolute Gasteiger partial charge is 0.467 e. The van der Waals surface area contributed by atoms with Crippen LogP contribution < -0.4 is 17.0 Å². The number of nitrogens with one attached hydrogen (secondary N) is 1. The van der Waals surface area contributed by atoms with Gasteiger partial charge in [-0.3, -0.25) is 19.3 Å². The van der Waals surface area contributed by atoms with Gasteiger partial charge in [-0.1, -0.05) is 0 Å². The smallest absolute Gasteiger partial charge is 0.330 e. The molecular weight excluding hydrogens is 328 g/mol. The number of carbonyl (C=O) groups excluding carboxylic acids is 1. The maximum atomic E-state index is 11.9. The molecule has 0 radical (unpaired) electrons. The molecule has 1 aromatic heterocycles. The summed E-state index contributed by atoms with van der Waals surface area (Å²) in [6.45, 7) is 0. The number of hydrogen-bond acceptors (Lipinski definition) is 8. The fraction of sp³-hybridized carbons (Fsp3) is 0.500. The number of aromatic amines is 1. The summed E-state index contributed by atoms with van der Waals surface area (Å²) in [5.74, 6) is -1.22. The Morgan fingerprint density at radius 3 is 2.61 bits per heavy atom. The molecule has 1 heterocycles. The first-order valence-corrected chi connectivity index (χ1v) is 8.50. The minimum Gasteiger partial charge on any atom is -0.467 e. The lowest BCUT2D eigenvalue weighted by molar-refractivity contribution is -0.142. The summed E-state index contributed by atoms with van der Waals surface area (Å²) in [7, 11) is -0.905. The molecule has 1 rings (SSSR count). The lowest BCUT2D eigenvalue weighted by Crippen LogP contribution is -2.36. The maximum Gasteiger partial charge on any atom is 0.330 e. The lowest BCUT2D eigenvalue weighted by Gasteiger charge is -2.09. The van der Waals surface area contributed by atoms with E-state index in [0.717, 1.165) is 24.1 Å². The van der Waals surface area contributed by atoms with Gasteiger partial charge in [0.05, 0.1) is 18.4 Å². The number of ether oxygens (including phenoxy) is 1. The number of H-pyrrole nitrogens is 1. The number of nitrogens with two attached hydrogens (primary N) is 1.